The van der Waals surface area contributed by atoms with Gasteiger partial charge < -0.3 is 15.4 Å². The fourth-order valence-electron chi connectivity index (χ4n) is 2.07. The molecule has 0 aliphatic heterocycles. The Morgan fingerprint density at radius 1 is 1.28 bits per heavy atom. The van der Waals surface area contributed by atoms with Gasteiger partial charge >= 0.3 is 0 Å². The molecule has 0 amide bonds. The van der Waals surface area contributed by atoms with E-state index in [0.717, 1.165) is 44.6 Å². The molecule has 0 unspecified atom stereocenters. The molecular formula is C15H26N2O. The van der Waals surface area contributed by atoms with Crippen molar-refractivity contribution < 1.29 is 4.74 Å². The summed E-state index contributed by atoms with van der Waals surface area (Å²) in [4.78, 5) is 2.33. The molecule has 0 saturated heterocycles. The summed E-state index contributed by atoms with van der Waals surface area (Å²) in [5.74, 6) is 0.984. The van der Waals surface area contributed by atoms with Gasteiger partial charge in [0.1, 0.15) is 5.75 Å². The van der Waals surface area contributed by atoms with Crippen LogP contribution in [0.15, 0.2) is 18.2 Å². The molecule has 0 aliphatic rings. The second kappa shape index (κ2) is 8.11. The summed E-state index contributed by atoms with van der Waals surface area (Å²) >= 11 is 0. The Labute approximate surface area is 111 Å². The van der Waals surface area contributed by atoms with Crippen molar-refractivity contribution in [1.29, 1.82) is 0 Å². The summed E-state index contributed by atoms with van der Waals surface area (Å²) in [6.45, 7) is 4.97. The van der Waals surface area contributed by atoms with Crippen LogP contribution in [0.4, 0.5) is 0 Å². The Morgan fingerprint density at radius 2 is 2.06 bits per heavy atom. The minimum Gasteiger partial charge on any atom is -0.496 e. The number of rotatable bonds is 8. The van der Waals surface area contributed by atoms with E-state index in [1.54, 1.807) is 7.11 Å². The molecule has 2 N–H and O–H groups in total. The third-order valence-electron chi connectivity index (χ3n) is 3.19. The molecular weight excluding hydrogens is 224 g/mol. The highest BCUT2D eigenvalue weighted by atomic mass is 16.5. The third-order valence-corrected chi connectivity index (χ3v) is 3.19. The van der Waals surface area contributed by atoms with E-state index in [2.05, 4.69) is 37.1 Å². The number of nitrogens with two attached hydrogens (primary N) is 1. The van der Waals surface area contributed by atoms with Crippen LogP contribution < -0.4 is 10.5 Å². The standard InChI is InChI=1S/C15H26N2O/c1-4-13-7-8-15(18-3)14(11-13)12-17(2)10-6-5-9-16/h7-8,11H,4-6,9-10,12,16H2,1-3H3. The van der Waals surface area contributed by atoms with E-state index in [1.165, 1.54) is 11.1 Å². The number of nitrogens with zero attached hydrogens (tertiary/aromatic N) is 1. The Balaban J connectivity index is 2.63. The van der Waals surface area contributed by atoms with Crippen LogP contribution in [0.1, 0.15) is 30.9 Å². The highest BCUT2D eigenvalue weighted by molar-refractivity contribution is 5.37. The number of ether oxygens (including phenoxy) is 1. The fourth-order valence-corrected chi connectivity index (χ4v) is 2.07. The van der Waals surface area contributed by atoms with E-state index in [9.17, 15) is 0 Å². The third kappa shape index (κ3) is 4.67. The minimum absolute atomic E-state index is 0.780. The van der Waals surface area contributed by atoms with Gasteiger partial charge in [-0.2, -0.15) is 0 Å². The second-order valence-electron chi connectivity index (χ2n) is 4.73. The van der Waals surface area contributed by atoms with Gasteiger partial charge in [0.15, 0.2) is 0 Å². The SMILES string of the molecule is CCc1ccc(OC)c(CN(C)CCCCN)c1. The Hall–Kier alpha value is -1.06. The van der Waals surface area contributed by atoms with Crippen molar-refractivity contribution >= 4 is 0 Å². The van der Waals surface area contributed by atoms with Crippen LogP contribution in [0, 0.1) is 0 Å². The number of methoxy groups -OCH3 is 1. The lowest BCUT2D eigenvalue weighted by atomic mass is 10.1. The van der Waals surface area contributed by atoms with Gasteiger partial charge in [-0.15, -0.1) is 0 Å². The molecule has 1 aromatic carbocycles. The van der Waals surface area contributed by atoms with E-state index < -0.39 is 0 Å². The van der Waals surface area contributed by atoms with Crippen molar-refractivity contribution in [2.45, 2.75) is 32.7 Å². The van der Waals surface area contributed by atoms with Gasteiger partial charge in [0, 0.05) is 12.1 Å². The fraction of sp³-hybridized carbons (Fsp3) is 0.600. The lowest BCUT2D eigenvalue weighted by Gasteiger charge is -2.19. The number of hydrogen-bond acceptors (Lipinski definition) is 3. The first-order chi connectivity index (χ1) is 8.71. The second-order valence-corrected chi connectivity index (χ2v) is 4.73. The van der Waals surface area contributed by atoms with Crippen LogP contribution in [0.5, 0.6) is 5.75 Å². The van der Waals surface area contributed by atoms with Gasteiger partial charge in [-0.1, -0.05) is 19.1 Å². The number of aryl methyl sites for hydroxylation is 1. The van der Waals surface area contributed by atoms with Crippen LogP contribution in [-0.4, -0.2) is 32.1 Å². The highest BCUT2D eigenvalue weighted by Gasteiger charge is 2.07. The van der Waals surface area contributed by atoms with Crippen molar-refractivity contribution in [3.8, 4) is 5.75 Å². The van der Waals surface area contributed by atoms with Crippen LogP contribution in [-0.2, 0) is 13.0 Å². The van der Waals surface area contributed by atoms with Gasteiger partial charge in [-0.3, -0.25) is 0 Å². The largest absolute Gasteiger partial charge is 0.496 e. The number of benzene rings is 1. The van der Waals surface area contributed by atoms with Gasteiger partial charge in [0.25, 0.3) is 0 Å². The molecule has 0 saturated carbocycles. The summed E-state index contributed by atoms with van der Waals surface area (Å²) in [7, 11) is 3.88. The molecule has 0 fully saturated rings. The quantitative estimate of drug-likeness (QED) is 0.720. The van der Waals surface area contributed by atoms with Gasteiger partial charge in [0.2, 0.25) is 0 Å². The molecule has 18 heavy (non-hydrogen) atoms. The maximum atomic E-state index is 5.51. The van der Waals surface area contributed by atoms with Crippen molar-refractivity contribution in [1.82, 2.24) is 4.90 Å². The monoisotopic (exact) mass is 250 g/mol. The van der Waals surface area contributed by atoms with E-state index >= 15 is 0 Å². The number of hydrogen-bond donors (Lipinski definition) is 1. The molecule has 0 heterocycles. The molecule has 102 valence electrons. The summed E-state index contributed by atoms with van der Waals surface area (Å²) in [6.07, 6.45) is 3.31. The van der Waals surface area contributed by atoms with Crippen molar-refractivity contribution in [3.05, 3.63) is 29.3 Å². The van der Waals surface area contributed by atoms with Crippen LogP contribution >= 0.6 is 0 Å². The predicted molar refractivity (Wildman–Crippen MR) is 77.0 cm³/mol. The number of unbranched alkanes of at least 4 members (excludes halogenated alkanes) is 1. The topological polar surface area (TPSA) is 38.5 Å². The molecule has 1 rings (SSSR count). The molecule has 0 atom stereocenters. The van der Waals surface area contributed by atoms with Crippen LogP contribution in [0.2, 0.25) is 0 Å². The first-order valence-corrected chi connectivity index (χ1v) is 6.75. The van der Waals surface area contributed by atoms with Crippen molar-refractivity contribution in [2.75, 3.05) is 27.2 Å². The van der Waals surface area contributed by atoms with E-state index in [-0.39, 0.29) is 0 Å². The maximum absolute atomic E-state index is 5.51. The van der Waals surface area contributed by atoms with E-state index in [0.29, 0.717) is 0 Å². The van der Waals surface area contributed by atoms with Crippen molar-refractivity contribution in [2.24, 2.45) is 5.73 Å². The first-order valence-electron chi connectivity index (χ1n) is 6.75. The molecule has 3 heteroatoms. The average Bonchev–Trinajstić information content (AvgIpc) is 2.39. The maximum Gasteiger partial charge on any atom is 0.123 e. The summed E-state index contributed by atoms with van der Waals surface area (Å²) < 4.78 is 5.42. The molecule has 0 aliphatic carbocycles. The highest BCUT2D eigenvalue weighted by Crippen LogP contribution is 2.21. The zero-order valence-electron chi connectivity index (χ0n) is 11.9. The summed E-state index contributed by atoms with van der Waals surface area (Å²) in [5, 5.41) is 0. The molecule has 0 radical (unpaired) electrons. The Bertz CT molecular complexity index is 352. The Kier molecular flexibility index (Phi) is 6.76. The normalized spacial score (nSPS) is 10.9. The van der Waals surface area contributed by atoms with Crippen LogP contribution in [0.25, 0.3) is 0 Å². The van der Waals surface area contributed by atoms with Crippen molar-refractivity contribution in [3.63, 3.8) is 0 Å². The Morgan fingerprint density at radius 3 is 2.67 bits per heavy atom. The van der Waals surface area contributed by atoms with Gasteiger partial charge in [-0.05, 0) is 51.0 Å². The molecule has 0 aromatic heterocycles. The van der Waals surface area contributed by atoms with Crippen LogP contribution in [0.3, 0.4) is 0 Å². The minimum atomic E-state index is 0.780. The van der Waals surface area contributed by atoms with Gasteiger partial charge in [-0.25, -0.2) is 0 Å². The zero-order chi connectivity index (χ0) is 13.4. The first kappa shape index (κ1) is 15.0. The summed E-state index contributed by atoms with van der Waals surface area (Å²) in [5.41, 5.74) is 8.14. The molecule has 3 nitrogen and oxygen atoms in total. The molecule has 1 aromatic rings. The lowest BCUT2D eigenvalue weighted by molar-refractivity contribution is 0.311. The zero-order valence-corrected chi connectivity index (χ0v) is 11.9. The average molecular weight is 250 g/mol. The molecule has 0 bridgehead atoms. The predicted octanol–water partition coefficient (Wildman–Crippen LogP) is 2.43. The summed E-state index contributed by atoms with van der Waals surface area (Å²) in [6, 6.07) is 6.46. The van der Waals surface area contributed by atoms with E-state index in [1.807, 2.05) is 0 Å². The lowest BCUT2D eigenvalue weighted by Crippen LogP contribution is -2.20. The van der Waals surface area contributed by atoms with E-state index in [4.69, 9.17) is 10.5 Å². The smallest absolute Gasteiger partial charge is 0.123 e. The molecule has 0 spiro atoms. The van der Waals surface area contributed by atoms with Gasteiger partial charge in [0.05, 0.1) is 7.11 Å².